The van der Waals surface area contributed by atoms with E-state index in [4.69, 9.17) is 4.42 Å². The molecule has 0 aliphatic carbocycles. The van der Waals surface area contributed by atoms with Crippen LogP contribution >= 0.6 is 23.1 Å². The highest BCUT2D eigenvalue weighted by Gasteiger charge is 2.43. The Balaban J connectivity index is 1.47. The average Bonchev–Trinajstić information content (AvgIpc) is 3.19. The van der Waals surface area contributed by atoms with E-state index in [0.717, 1.165) is 4.88 Å². The van der Waals surface area contributed by atoms with E-state index in [-0.39, 0.29) is 11.9 Å². The van der Waals surface area contributed by atoms with E-state index in [1.165, 1.54) is 16.7 Å². The van der Waals surface area contributed by atoms with Gasteiger partial charge in [0.1, 0.15) is 5.54 Å². The molecule has 1 N–H and O–H groups in total. The third-order valence-electron chi connectivity index (χ3n) is 3.33. The second-order valence-corrected chi connectivity index (χ2v) is 7.56. The topological polar surface area (TPSA) is 88.3 Å². The quantitative estimate of drug-likeness (QED) is 0.488. The van der Waals surface area contributed by atoms with Crippen LogP contribution in [0.25, 0.3) is 10.8 Å². The van der Waals surface area contributed by atoms with E-state index in [1.54, 1.807) is 25.2 Å². The molecule has 0 unspecified atom stereocenters. The first-order valence-corrected chi connectivity index (χ1v) is 8.98. The Hall–Kier alpha value is -1.87. The molecule has 3 rings (SSSR count). The molecule has 0 spiro atoms. The molecule has 1 aliphatic heterocycles. The number of aromatic nitrogens is 2. The molecule has 0 aromatic carbocycles. The van der Waals surface area contributed by atoms with Crippen LogP contribution in [0.5, 0.6) is 0 Å². The maximum atomic E-state index is 12.0. The predicted molar refractivity (Wildman–Crippen MR) is 87.3 cm³/mol. The lowest BCUT2D eigenvalue weighted by Crippen LogP contribution is -2.40. The monoisotopic (exact) mass is 352 g/mol. The van der Waals surface area contributed by atoms with Crippen LogP contribution in [0.1, 0.15) is 20.3 Å². The molecular formula is C14H16N4O3S2. The molecule has 9 heteroatoms. The summed E-state index contributed by atoms with van der Waals surface area (Å²) in [7, 11) is 0. The Labute approximate surface area is 141 Å². The molecule has 2 aromatic rings. The lowest BCUT2D eigenvalue weighted by molar-refractivity contribution is -0.130. The minimum absolute atomic E-state index is 0.190. The van der Waals surface area contributed by atoms with E-state index < -0.39 is 5.54 Å². The van der Waals surface area contributed by atoms with E-state index >= 15 is 0 Å². The van der Waals surface area contributed by atoms with Crippen LogP contribution in [0.15, 0.2) is 27.2 Å². The van der Waals surface area contributed by atoms with Gasteiger partial charge in [-0.05, 0) is 31.7 Å². The number of hydrogen-bond donors (Lipinski definition) is 1. The summed E-state index contributed by atoms with van der Waals surface area (Å²) < 4.78 is 5.57. The fourth-order valence-corrected chi connectivity index (χ4v) is 3.50. The molecule has 0 radical (unpaired) electrons. The number of imide groups is 1. The van der Waals surface area contributed by atoms with Crippen molar-refractivity contribution in [2.75, 3.05) is 12.3 Å². The van der Waals surface area contributed by atoms with Crippen molar-refractivity contribution in [3.8, 4) is 10.8 Å². The van der Waals surface area contributed by atoms with Gasteiger partial charge in [0.15, 0.2) is 0 Å². The lowest BCUT2D eigenvalue weighted by atomic mass is 10.1. The number of hydrogen-bond acceptors (Lipinski definition) is 7. The summed E-state index contributed by atoms with van der Waals surface area (Å²) in [5.74, 6) is 1.01. The molecule has 122 valence electrons. The standard InChI is InChI=1S/C14H16N4O3S2/c1-14(2)11(19)18(12(20)15-14)6-4-8-23-13-17-16-10(21-13)9-5-3-7-22-9/h3,5,7H,4,6,8H2,1-2H3,(H,15,20). The van der Waals surface area contributed by atoms with Gasteiger partial charge in [0.05, 0.1) is 4.88 Å². The molecule has 0 atom stereocenters. The minimum Gasteiger partial charge on any atom is -0.410 e. The maximum absolute atomic E-state index is 12.0. The second kappa shape index (κ2) is 6.32. The number of carbonyl (C=O) groups excluding carboxylic acids is 2. The molecule has 3 amide bonds. The van der Waals surface area contributed by atoms with Gasteiger partial charge in [-0.2, -0.15) is 0 Å². The third-order valence-corrected chi connectivity index (χ3v) is 5.10. The third kappa shape index (κ3) is 3.40. The molecule has 0 bridgehead atoms. The number of rotatable bonds is 6. The SMILES string of the molecule is CC1(C)NC(=O)N(CCCSc2nnc(-c3cccs3)o2)C1=O. The van der Waals surface area contributed by atoms with Gasteiger partial charge in [-0.1, -0.05) is 17.8 Å². The van der Waals surface area contributed by atoms with Crippen molar-refractivity contribution in [1.82, 2.24) is 20.4 Å². The van der Waals surface area contributed by atoms with Crippen LogP contribution in [0.2, 0.25) is 0 Å². The molecule has 7 nitrogen and oxygen atoms in total. The van der Waals surface area contributed by atoms with Gasteiger partial charge < -0.3 is 9.73 Å². The highest BCUT2D eigenvalue weighted by molar-refractivity contribution is 7.99. The number of nitrogens with one attached hydrogen (secondary N) is 1. The van der Waals surface area contributed by atoms with Crippen molar-refractivity contribution in [3.05, 3.63) is 17.5 Å². The summed E-state index contributed by atoms with van der Waals surface area (Å²) in [6.45, 7) is 3.78. The zero-order valence-electron chi connectivity index (χ0n) is 12.7. The van der Waals surface area contributed by atoms with Gasteiger partial charge in [-0.3, -0.25) is 9.69 Å². The fraction of sp³-hybridized carbons (Fsp3) is 0.429. The zero-order valence-corrected chi connectivity index (χ0v) is 14.4. The fourth-order valence-electron chi connectivity index (χ4n) is 2.17. The Morgan fingerprint density at radius 2 is 2.22 bits per heavy atom. The summed E-state index contributed by atoms with van der Waals surface area (Å²) in [4.78, 5) is 26.0. The largest absolute Gasteiger partial charge is 0.410 e. The molecule has 1 fully saturated rings. The smallest absolute Gasteiger partial charge is 0.325 e. The number of amides is 3. The first-order chi connectivity index (χ1) is 11.0. The van der Waals surface area contributed by atoms with E-state index in [1.807, 2.05) is 17.5 Å². The van der Waals surface area contributed by atoms with E-state index in [9.17, 15) is 9.59 Å². The molecule has 2 aromatic heterocycles. The molecular weight excluding hydrogens is 336 g/mol. The van der Waals surface area contributed by atoms with Crippen molar-refractivity contribution in [3.63, 3.8) is 0 Å². The number of carbonyl (C=O) groups is 2. The van der Waals surface area contributed by atoms with Crippen LogP contribution in [0, 0.1) is 0 Å². The predicted octanol–water partition coefficient (Wildman–Crippen LogP) is 2.61. The van der Waals surface area contributed by atoms with Crippen molar-refractivity contribution in [2.24, 2.45) is 0 Å². The zero-order chi connectivity index (χ0) is 16.4. The summed E-state index contributed by atoms with van der Waals surface area (Å²) in [6, 6.07) is 3.52. The molecule has 1 saturated heterocycles. The van der Waals surface area contributed by atoms with E-state index in [0.29, 0.717) is 29.8 Å². The lowest BCUT2D eigenvalue weighted by Gasteiger charge is -2.15. The van der Waals surface area contributed by atoms with Crippen molar-refractivity contribution in [1.29, 1.82) is 0 Å². The second-order valence-electron chi connectivity index (χ2n) is 5.56. The first-order valence-electron chi connectivity index (χ1n) is 7.12. The summed E-state index contributed by atoms with van der Waals surface area (Å²) in [5, 5.41) is 13.1. The Kier molecular flexibility index (Phi) is 4.40. The first kappa shape index (κ1) is 16.0. The summed E-state index contributed by atoms with van der Waals surface area (Å²) in [5.41, 5.74) is -0.813. The van der Waals surface area contributed by atoms with Gasteiger partial charge in [0, 0.05) is 12.3 Å². The van der Waals surface area contributed by atoms with Gasteiger partial charge in [-0.15, -0.1) is 21.5 Å². The van der Waals surface area contributed by atoms with Gasteiger partial charge in [0.25, 0.3) is 17.0 Å². The minimum atomic E-state index is -0.813. The van der Waals surface area contributed by atoms with E-state index in [2.05, 4.69) is 15.5 Å². The van der Waals surface area contributed by atoms with Crippen LogP contribution < -0.4 is 5.32 Å². The number of thioether (sulfide) groups is 1. The van der Waals surface area contributed by atoms with Gasteiger partial charge in [0.2, 0.25) is 0 Å². The van der Waals surface area contributed by atoms with Gasteiger partial charge in [-0.25, -0.2) is 4.79 Å². The average molecular weight is 352 g/mol. The van der Waals surface area contributed by atoms with Crippen LogP contribution in [-0.4, -0.2) is 44.9 Å². The molecule has 1 aliphatic rings. The number of urea groups is 1. The maximum Gasteiger partial charge on any atom is 0.325 e. The van der Waals surface area contributed by atoms with Crippen molar-refractivity contribution in [2.45, 2.75) is 31.0 Å². The summed E-state index contributed by atoms with van der Waals surface area (Å²) >= 11 is 2.96. The Morgan fingerprint density at radius 3 is 2.87 bits per heavy atom. The Bertz CT molecular complexity index is 711. The molecule has 3 heterocycles. The number of thiophene rings is 1. The highest BCUT2D eigenvalue weighted by Crippen LogP contribution is 2.27. The van der Waals surface area contributed by atoms with Gasteiger partial charge >= 0.3 is 6.03 Å². The van der Waals surface area contributed by atoms with Crippen molar-refractivity contribution < 1.29 is 14.0 Å². The summed E-state index contributed by atoms with van der Waals surface area (Å²) in [6.07, 6.45) is 0.663. The van der Waals surface area contributed by atoms with Crippen LogP contribution in [0.3, 0.4) is 0 Å². The Morgan fingerprint density at radius 1 is 1.39 bits per heavy atom. The number of nitrogens with zero attached hydrogens (tertiary/aromatic N) is 3. The molecule has 23 heavy (non-hydrogen) atoms. The highest BCUT2D eigenvalue weighted by atomic mass is 32.2. The molecule has 0 saturated carbocycles. The normalized spacial score (nSPS) is 16.9. The van der Waals surface area contributed by atoms with Crippen LogP contribution in [0.4, 0.5) is 4.79 Å². The van der Waals surface area contributed by atoms with Crippen LogP contribution in [-0.2, 0) is 4.79 Å². The van der Waals surface area contributed by atoms with Crippen molar-refractivity contribution >= 4 is 35.0 Å².